The summed E-state index contributed by atoms with van der Waals surface area (Å²) < 4.78 is 5.17. The van der Waals surface area contributed by atoms with Gasteiger partial charge in [0.05, 0.1) is 12.7 Å². The molecule has 0 saturated heterocycles. The van der Waals surface area contributed by atoms with Gasteiger partial charge in [-0.3, -0.25) is 4.79 Å². The van der Waals surface area contributed by atoms with E-state index in [-0.39, 0.29) is 12.5 Å². The summed E-state index contributed by atoms with van der Waals surface area (Å²) in [6, 6.07) is 5.04. The summed E-state index contributed by atoms with van der Waals surface area (Å²) in [5.74, 6) is 5.75. The van der Waals surface area contributed by atoms with E-state index in [0.717, 1.165) is 6.54 Å². The summed E-state index contributed by atoms with van der Waals surface area (Å²) in [6.45, 7) is 1.12. The van der Waals surface area contributed by atoms with Gasteiger partial charge in [-0.15, -0.1) is 0 Å². The zero-order valence-electron chi connectivity index (χ0n) is 12.1. The molecule has 0 aliphatic heterocycles. The van der Waals surface area contributed by atoms with E-state index in [9.17, 15) is 4.79 Å². The van der Waals surface area contributed by atoms with Crippen molar-refractivity contribution in [1.29, 1.82) is 0 Å². The van der Waals surface area contributed by atoms with Crippen molar-refractivity contribution in [3.8, 4) is 17.6 Å². The van der Waals surface area contributed by atoms with E-state index < -0.39 is 0 Å². The fraction of sp³-hybridized carbons (Fsp3) is 0.400. The number of aliphatic hydroxyl groups is 1. The van der Waals surface area contributed by atoms with Crippen LogP contribution in [0.3, 0.4) is 0 Å². The highest BCUT2D eigenvalue weighted by Gasteiger charge is 2.08. The fourth-order valence-electron chi connectivity index (χ4n) is 1.58. The number of benzene rings is 1. The number of ether oxygens (including phenoxy) is 1. The molecular weight excluding hydrogens is 256 g/mol. The molecule has 0 radical (unpaired) electrons. The van der Waals surface area contributed by atoms with Crippen molar-refractivity contribution in [3.05, 3.63) is 29.3 Å². The average Bonchev–Trinajstić information content (AvgIpc) is 2.44. The topological polar surface area (TPSA) is 61.8 Å². The molecule has 0 spiro atoms. The van der Waals surface area contributed by atoms with Gasteiger partial charge in [-0.05, 0) is 32.3 Å². The minimum Gasteiger partial charge on any atom is -0.495 e. The molecule has 20 heavy (non-hydrogen) atoms. The number of rotatable bonds is 5. The third-order valence-corrected chi connectivity index (χ3v) is 2.61. The van der Waals surface area contributed by atoms with Gasteiger partial charge in [-0.2, -0.15) is 0 Å². The number of carbonyl (C=O) groups is 1. The molecule has 1 aromatic rings. The molecule has 1 aromatic carbocycles. The number of aliphatic hydroxyl groups excluding tert-OH is 1. The number of amides is 1. The minimum atomic E-state index is -0.234. The first-order valence-corrected chi connectivity index (χ1v) is 6.29. The first-order valence-electron chi connectivity index (χ1n) is 6.29. The van der Waals surface area contributed by atoms with Crippen LogP contribution in [0.15, 0.2) is 18.2 Å². The predicted molar refractivity (Wildman–Crippen MR) is 77.8 cm³/mol. The zero-order chi connectivity index (χ0) is 15.0. The number of nitrogens with one attached hydrogen (secondary N) is 1. The monoisotopic (exact) mass is 276 g/mol. The molecule has 0 unspecified atom stereocenters. The van der Waals surface area contributed by atoms with Crippen molar-refractivity contribution < 1.29 is 14.6 Å². The second-order valence-corrected chi connectivity index (χ2v) is 4.43. The first kappa shape index (κ1) is 16.0. The number of hydrogen-bond acceptors (Lipinski definition) is 4. The first-order chi connectivity index (χ1) is 9.58. The minimum absolute atomic E-state index is 0.151. The molecule has 1 amide bonds. The van der Waals surface area contributed by atoms with Gasteiger partial charge >= 0.3 is 0 Å². The number of methoxy groups -OCH3 is 1. The lowest BCUT2D eigenvalue weighted by atomic mass is 10.1. The average molecular weight is 276 g/mol. The van der Waals surface area contributed by atoms with E-state index in [1.54, 1.807) is 18.2 Å². The van der Waals surface area contributed by atoms with E-state index in [0.29, 0.717) is 23.4 Å². The van der Waals surface area contributed by atoms with Gasteiger partial charge in [-0.1, -0.05) is 11.8 Å². The molecule has 0 saturated carbocycles. The lowest BCUT2D eigenvalue weighted by Crippen LogP contribution is -2.31. The molecule has 5 heteroatoms. The summed E-state index contributed by atoms with van der Waals surface area (Å²) in [7, 11) is 5.43. The number of carbonyl (C=O) groups excluding carboxylic acids is 1. The summed E-state index contributed by atoms with van der Waals surface area (Å²) in [5.41, 5.74) is 1.11. The number of nitrogens with zero attached hydrogens (tertiary/aromatic N) is 1. The van der Waals surface area contributed by atoms with Crippen LogP contribution in [0, 0.1) is 11.8 Å². The summed E-state index contributed by atoms with van der Waals surface area (Å²) in [5, 5.41) is 11.6. The van der Waals surface area contributed by atoms with Crippen molar-refractivity contribution in [2.45, 2.75) is 0 Å². The smallest absolute Gasteiger partial charge is 0.251 e. The third-order valence-electron chi connectivity index (χ3n) is 2.61. The molecular formula is C15H20N2O3. The zero-order valence-corrected chi connectivity index (χ0v) is 12.1. The Morgan fingerprint density at radius 2 is 2.20 bits per heavy atom. The van der Waals surface area contributed by atoms with Crippen LogP contribution < -0.4 is 10.1 Å². The highest BCUT2D eigenvalue weighted by atomic mass is 16.5. The normalized spacial score (nSPS) is 9.85. The van der Waals surface area contributed by atoms with Crippen molar-refractivity contribution in [1.82, 2.24) is 10.2 Å². The Bertz CT molecular complexity index is 516. The highest BCUT2D eigenvalue weighted by molar-refractivity contribution is 5.94. The van der Waals surface area contributed by atoms with Crippen LogP contribution in [0.1, 0.15) is 15.9 Å². The van der Waals surface area contributed by atoms with Gasteiger partial charge in [-0.25, -0.2) is 0 Å². The molecule has 0 aromatic heterocycles. The molecule has 5 nitrogen and oxygen atoms in total. The molecule has 0 atom stereocenters. The van der Waals surface area contributed by atoms with Crippen LogP contribution >= 0.6 is 0 Å². The van der Waals surface area contributed by atoms with Gasteiger partial charge in [0.25, 0.3) is 5.91 Å². The van der Waals surface area contributed by atoms with Gasteiger partial charge in [0, 0.05) is 18.7 Å². The van der Waals surface area contributed by atoms with Gasteiger partial charge in [0.1, 0.15) is 12.4 Å². The third kappa shape index (κ3) is 4.92. The van der Waals surface area contributed by atoms with Crippen molar-refractivity contribution in [3.63, 3.8) is 0 Å². The highest BCUT2D eigenvalue weighted by Crippen LogP contribution is 2.18. The van der Waals surface area contributed by atoms with E-state index in [4.69, 9.17) is 9.84 Å². The Morgan fingerprint density at radius 1 is 1.45 bits per heavy atom. The van der Waals surface area contributed by atoms with E-state index in [2.05, 4.69) is 17.2 Å². The van der Waals surface area contributed by atoms with Gasteiger partial charge in [0.15, 0.2) is 0 Å². The molecule has 0 bridgehead atoms. The maximum atomic E-state index is 12.0. The van der Waals surface area contributed by atoms with E-state index in [1.165, 1.54) is 7.11 Å². The SMILES string of the molecule is COc1ccc(C(=O)NCCN(C)C)cc1C#CCO. The van der Waals surface area contributed by atoms with E-state index >= 15 is 0 Å². The number of hydrogen-bond donors (Lipinski definition) is 2. The Labute approximate surface area is 119 Å². The van der Waals surface area contributed by atoms with Crippen LogP contribution in [0.2, 0.25) is 0 Å². The van der Waals surface area contributed by atoms with Gasteiger partial charge in [0.2, 0.25) is 0 Å². The molecule has 0 aliphatic rings. The van der Waals surface area contributed by atoms with Gasteiger partial charge < -0.3 is 20.1 Å². The molecule has 1 rings (SSSR count). The van der Waals surface area contributed by atoms with Crippen LogP contribution in [0.5, 0.6) is 5.75 Å². The predicted octanol–water partition coefficient (Wildman–Crippen LogP) is 0.330. The molecule has 2 N–H and O–H groups in total. The standard InChI is InChI=1S/C15H20N2O3/c1-17(2)9-8-16-15(19)13-6-7-14(20-3)12(11-13)5-4-10-18/h6-7,11,18H,8-10H2,1-3H3,(H,16,19). The lowest BCUT2D eigenvalue weighted by Gasteiger charge is -2.11. The van der Waals surface area contributed by atoms with Crippen molar-refractivity contribution in [2.24, 2.45) is 0 Å². The molecule has 0 heterocycles. The fourth-order valence-corrected chi connectivity index (χ4v) is 1.58. The largest absolute Gasteiger partial charge is 0.495 e. The summed E-state index contributed by atoms with van der Waals surface area (Å²) in [4.78, 5) is 14.0. The quantitative estimate of drug-likeness (QED) is 0.761. The molecule has 0 aliphatic carbocycles. The second-order valence-electron chi connectivity index (χ2n) is 4.43. The Morgan fingerprint density at radius 3 is 2.80 bits per heavy atom. The van der Waals surface area contributed by atoms with E-state index in [1.807, 2.05) is 19.0 Å². The Balaban J connectivity index is 2.82. The maximum absolute atomic E-state index is 12.0. The van der Waals surface area contributed by atoms with Crippen molar-refractivity contribution >= 4 is 5.91 Å². The second kappa shape index (κ2) is 8.20. The Hall–Kier alpha value is -2.03. The maximum Gasteiger partial charge on any atom is 0.251 e. The van der Waals surface area contributed by atoms with Crippen LogP contribution in [-0.2, 0) is 0 Å². The van der Waals surface area contributed by atoms with Crippen molar-refractivity contribution in [2.75, 3.05) is 40.9 Å². The summed E-state index contributed by atoms with van der Waals surface area (Å²) in [6.07, 6.45) is 0. The van der Waals surface area contributed by atoms with Crippen LogP contribution in [0.4, 0.5) is 0 Å². The number of likely N-dealkylation sites (N-methyl/N-ethyl adjacent to an activating group) is 1. The van der Waals surface area contributed by atoms with Crippen LogP contribution in [-0.4, -0.2) is 56.8 Å². The lowest BCUT2D eigenvalue weighted by molar-refractivity contribution is 0.0951. The summed E-state index contributed by atoms with van der Waals surface area (Å²) >= 11 is 0. The Kier molecular flexibility index (Phi) is 6.57. The molecule has 108 valence electrons. The molecule has 0 fully saturated rings. The van der Waals surface area contributed by atoms with Crippen LogP contribution in [0.25, 0.3) is 0 Å².